The zero-order valence-corrected chi connectivity index (χ0v) is 23.1. The van der Waals surface area contributed by atoms with Gasteiger partial charge < -0.3 is 14.6 Å². The van der Waals surface area contributed by atoms with Gasteiger partial charge in [0.25, 0.3) is 5.91 Å². The number of carbonyl (C=O) groups is 2. The quantitative estimate of drug-likeness (QED) is 0.233. The van der Waals surface area contributed by atoms with Gasteiger partial charge in [-0.05, 0) is 86.2 Å². The lowest BCUT2D eigenvalue weighted by Crippen LogP contribution is -2.26. The Bertz CT molecular complexity index is 1540. The van der Waals surface area contributed by atoms with Crippen molar-refractivity contribution in [1.29, 1.82) is 0 Å². The summed E-state index contributed by atoms with van der Waals surface area (Å²) in [7, 11) is 0. The van der Waals surface area contributed by atoms with Gasteiger partial charge >= 0.3 is 0 Å². The van der Waals surface area contributed by atoms with E-state index in [0.29, 0.717) is 23.3 Å². The Labute approximate surface area is 227 Å². The molecular weight excluding hydrogens is 498 g/mol. The predicted octanol–water partition coefficient (Wildman–Crippen LogP) is 7.17. The normalized spacial score (nSPS) is 12.9. The summed E-state index contributed by atoms with van der Waals surface area (Å²) >= 11 is 0. The van der Waals surface area contributed by atoms with Gasteiger partial charge in [-0.25, -0.2) is 4.39 Å². The highest BCUT2D eigenvalue weighted by atomic mass is 19.2. The van der Waals surface area contributed by atoms with E-state index in [-0.39, 0.29) is 24.2 Å². The number of nitrogens with zero attached hydrogens (tertiary/aromatic N) is 1. The van der Waals surface area contributed by atoms with Crippen molar-refractivity contribution in [2.75, 3.05) is 0 Å². The SMILES string of the molecule is Cc1c(C)n(Cc2cc(F)c(F)c(O[C@@H](C)C=O)c2)c2ccc(C(=O)N[C@@H](C)c3cccc(C(C)C)c3)cc12. The van der Waals surface area contributed by atoms with Crippen LogP contribution in [0.2, 0.25) is 0 Å². The first kappa shape index (κ1) is 28.0. The summed E-state index contributed by atoms with van der Waals surface area (Å²) in [4.78, 5) is 24.1. The number of aromatic nitrogens is 1. The summed E-state index contributed by atoms with van der Waals surface area (Å²) in [6.45, 7) is 11.9. The highest BCUT2D eigenvalue weighted by molar-refractivity contribution is 5.99. The Hall–Kier alpha value is -4.00. The molecule has 0 saturated carbocycles. The van der Waals surface area contributed by atoms with Crippen molar-refractivity contribution in [3.05, 3.63) is 99.7 Å². The fraction of sp³-hybridized carbons (Fsp3) is 0.312. The zero-order valence-electron chi connectivity index (χ0n) is 23.1. The average molecular weight is 533 g/mol. The smallest absolute Gasteiger partial charge is 0.251 e. The van der Waals surface area contributed by atoms with E-state index in [1.807, 2.05) is 49.6 Å². The molecule has 1 N–H and O–H groups in total. The Kier molecular flexibility index (Phi) is 8.19. The molecule has 7 heteroatoms. The van der Waals surface area contributed by atoms with Crippen molar-refractivity contribution in [2.24, 2.45) is 0 Å². The third-order valence-electron chi connectivity index (χ3n) is 7.23. The number of hydrogen-bond acceptors (Lipinski definition) is 3. The number of fused-ring (bicyclic) bond motifs is 1. The van der Waals surface area contributed by atoms with E-state index in [1.165, 1.54) is 18.6 Å². The van der Waals surface area contributed by atoms with E-state index < -0.39 is 17.7 Å². The van der Waals surface area contributed by atoms with E-state index in [4.69, 9.17) is 4.74 Å². The van der Waals surface area contributed by atoms with E-state index in [9.17, 15) is 18.4 Å². The summed E-state index contributed by atoms with van der Waals surface area (Å²) < 4.78 is 35.9. The van der Waals surface area contributed by atoms with Gasteiger partial charge in [0.15, 0.2) is 24.0 Å². The molecule has 2 atom stereocenters. The number of benzene rings is 3. The van der Waals surface area contributed by atoms with Crippen LogP contribution in [-0.4, -0.2) is 22.9 Å². The fourth-order valence-corrected chi connectivity index (χ4v) is 4.75. The highest BCUT2D eigenvalue weighted by Gasteiger charge is 2.19. The Morgan fingerprint density at radius 2 is 1.72 bits per heavy atom. The predicted molar refractivity (Wildman–Crippen MR) is 149 cm³/mol. The van der Waals surface area contributed by atoms with Gasteiger partial charge in [0.2, 0.25) is 5.82 Å². The molecule has 1 aromatic heterocycles. The third kappa shape index (κ3) is 5.87. The molecule has 0 radical (unpaired) electrons. The van der Waals surface area contributed by atoms with Crippen molar-refractivity contribution in [1.82, 2.24) is 9.88 Å². The van der Waals surface area contributed by atoms with Gasteiger partial charge in [-0.3, -0.25) is 9.59 Å². The summed E-state index contributed by atoms with van der Waals surface area (Å²) in [5, 5.41) is 4.01. The molecule has 3 aromatic carbocycles. The number of rotatable bonds is 9. The molecule has 4 aromatic rings. The fourth-order valence-electron chi connectivity index (χ4n) is 4.75. The lowest BCUT2D eigenvalue weighted by molar-refractivity contribution is -0.113. The largest absolute Gasteiger partial charge is 0.480 e. The standard InChI is InChI=1S/C32H34F2N2O3/c1-18(2)24-8-7-9-25(14-24)21(5)35-32(38)26-10-11-29-27(15-26)20(4)22(6)36(29)16-23-12-28(33)31(34)30(13-23)39-19(3)17-37/h7-15,17-19,21H,16H2,1-6H3,(H,35,38)/t19-,21-/m0/s1. The van der Waals surface area contributed by atoms with Crippen LogP contribution in [0.5, 0.6) is 5.75 Å². The molecule has 0 unspecified atom stereocenters. The second kappa shape index (κ2) is 11.4. The molecule has 1 amide bonds. The number of ether oxygens (including phenoxy) is 1. The van der Waals surface area contributed by atoms with Gasteiger partial charge in [-0.2, -0.15) is 4.39 Å². The summed E-state index contributed by atoms with van der Waals surface area (Å²) in [6.07, 6.45) is -0.384. The van der Waals surface area contributed by atoms with Crippen LogP contribution in [0.1, 0.15) is 78.0 Å². The van der Waals surface area contributed by atoms with E-state index >= 15 is 0 Å². The average Bonchev–Trinajstić information content (AvgIpc) is 3.15. The van der Waals surface area contributed by atoms with Crippen molar-refractivity contribution in [3.63, 3.8) is 0 Å². The maximum atomic E-state index is 14.3. The minimum Gasteiger partial charge on any atom is -0.480 e. The van der Waals surface area contributed by atoms with Crippen LogP contribution in [-0.2, 0) is 11.3 Å². The first-order valence-corrected chi connectivity index (χ1v) is 13.1. The molecule has 0 spiro atoms. The third-order valence-corrected chi connectivity index (χ3v) is 7.23. The number of carbonyl (C=O) groups excluding carboxylic acids is 2. The van der Waals surface area contributed by atoms with E-state index in [1.54, 1.807) is 6.07 Å². The van der Waals surface area contributed by atoms with E-state index in [2.05, 4.69) is 31.3 Å². The lowest BCUT2D eigenvalue weighted by atomic mass is 9.98. The van der Waals surface area contributed by atoms with Gasteiger partial charge in [-0.15, -0.1) is 0 Å². The summed E-state index contributed by atoms with van der Waals surface area (Å²) in [5.74, 6) is -2.24. The molecule has 204 valence electrons. The number of amides is 1. The van der Waals surface area contributed by atoms with Gasteiger partial charge in [-0.1, -0.05) is 38.1 Å². The van der Waals surface area contributed by atoms with E-state index in [0.717, 1.165) is 33.8 Å². The van der Waals surface area contributed by atoms with Crippen molar-refractivity contribution in [3.8, 4) is 5.75 Å². The van der Waals surface area contributed by atoms with Gasteiger partial charge in [0, 0.05) is 28.7 Å². The topological polar surface area (TPSA) is 60.3 Å². The molecule has 0 aliphatic carbocycles. The maximum absolute atomic E-state index is 14.3. The van der Waals surface area contributed by atoms with Crippen LogP contribution in [0.4, 0.5) is 8.78 Å². The first-order valence-electron chi connectivity index (χ1n) is 13.1. The van der Waals surface area contributed by atoms with Crippen molar-refractivity contribution >= 4 is 23.1 Å². The first-order chi connectivity index (χ1) is 18.5. The number of nitrogens with one attached hydrogen (secondary N) is 1. The highest BCUT2D eigenvalue weighted by Crippen LogP contribution is 2.30. The van der Waals surface area contributed by atoms with Crippen LogP contribution in [0.15, 0.2) is 54.6 Å². The molecule has 5 nitrogen and oxygen atoms in total. The Balaban J connectivity index is 1.61. The number of halogens is 2. The van der Waals surface area contributed by atoms with Crippen LogP contribution in [0, 0.1) is 25.5 Å². The molecule has 0 bridgehead atoms. The number of aldehydes is 1. The second-order valence-electron chi connectivity index (χ2n) is 10.4. The molecular formula is C32H34F2N2O3. The van der Waals surface area contributed by atoms with Crippen LogP contribution in [0.25, 0.3) is 10.9 Å². The minimum atomic E-state index is -1.13. The number of aryl methyl sites for hydroxylation is 1. The second-order valence-corrected chi connectivity index (χ2v) is 10.4. The number of hydrogen-bond donors (Lipinski definition) is 1. The molecule has 4 rings (SSSR count). The lowest BCUT2D eigenvalue weighted by Gasteiger charge is -2.17. The Morgan fingerprint density at radius 1 is 1.00 bits per heavy atom. The van der Waals surface area contributed by atoms with Crippen LogP contribution < -0.4 is 10.1 Å². The molecule has 1 heterocycles. The van der Waals surface area contributed by atoms with Crippen LogP contribution in [0.3, 0.4) is 0 Å². The maximum Gasteiger partial charge on any atom is 0.251 e. The minimum absolute atomic E-state index is 0.161. The molecule has 39 heavy (non-hydrogen) atoms. The van der Waals surface area contributed by atoms with Crippen LogP contribution >= 0.6 is 0 Å². The van der Waals surface area contributed by atoms with Crippen molar-refractivity contribution < 1.29 is 23.1 Å². The molecule has 0 aliphatic rings. The van der Waals surface area contributed by atoms with Gasteiger partial charge in [0.1, 0.15) is 0 Å². The summed E-state index contributed by atoms with van der Waals surface area (Å²) in [5.41, 5.74) is 6.10. The Morgan fingerprint density at radius 3 is 2.41 bits per heavy atom. The monoisotopic (exact) mass is 532 g/mol. The zero-order chi connectivity index (χ0) is 28.4. The van der Waals surface area contributed by atoms with Gasteiger partial charge in [0.05, 0.1) is 6.04 Å². The molecule has 0 fully saturated rings. The molecule has 0 aliphatic heterocycles. The molecule has 0 saturated heterocycles. The van der Waals surface area contributed by atoms with Crippen molar-refractivity contribution in [2.45, 2.75) is 66.2 Å². The summed E-state index contributed by atoms with van der Waals surface area (Å²) in [6, 6.07) is 16.1.